The van der Waals surface area contributed by atoms with Crippen LogP contribution in [0.25, 0.3) is 0 Å². The Morgan fingerprint density at radius 1 is 1.03 bits per heavy atom. The Labute approximate surface area is 195 Å². The maximum Gasteiger partial charge on any atom is 0.244 e. The first-order chi connectivity index (χ1) is 15.6. The first-order valence-electron chi connectivity index (χ1n) is 11.0. The number of benzene rings is 2. The number of hydrogen-bond acceptors (Lipinski definition) is 4. The monoisotopic (exact) mass is 477 g/mol. The highest BCUT2D eigenvalue weighted by Gasteiger charge is 2.32. The molecule has 9 heteroatoms. The lowest BCUT2D eigenvalue weighted by atomic mass is 10.1. The molecule has 0 fully saturated rings. The van der Waals surface area contributed by atoms with Gasteiger partial charge in [-0.25, -0.2) is 12.8 Å². The van der Waals surface area contributed by atoms with Crippen LogP contribution in [-0.2, 0) is 32.6 Å². The van der Waals surface area contributed by atoms with Gasteiger partial charge in [-0.3, -0.25) is 13.9 Å². The average Bonchev–Trinajstić information content (AvgIpc) is 2.78. The molecule has 0 aliphatic carbocycles. The van der Waals surface area contributed by atoms with Crippen molar-refractivity contribution in [2.75, 3.05) is 23.7 Å². The van der Waals surface area contributed by atoms with Crippen LogP contribution in [0.4, 0.5) is 10.1 Å². The number of likely N-dealkylation sites (N-methyl/N-ethyl adjacent to an activating group) is 1. The van der Waals surface area contributed by atoms with Crippen LogP contribution < -0.4 is 9.62 Å². The second-order valence-electron chi connectivity index (χ2n) is 7.72. The van der Waals surface area contributed by atoms with E-state index < -0.39 is 34.3 Å². The number of aryl methyl sites for hydroxylation is 1. The minimum absolute atomic E-state index is 0.0434. The molecule has 0 heterocycles. The van der Waals surface area contributed by atoms with Crippen molar-refractivity contribution in [3.63, 3.8) is 0 Å². The van der Waals surface area contributed by atoms with Gasteiger partial charge in [-0.05, 0) is 49.1 Å². The number of nitrogens with one attached hydrogen (secondary N) is 1. The van der Waals surface area contributed by atoms with Crippen LogP contribution in [0, 0.1) is 5.82 Å². The van der Waals surface area contributed by atoms with Gasteiger partial charge in [0.2, 0.25) is 21.8 Å². The van der Waals surface area contributed by atoms with Gasteiger partial charge in [-0.2, -0.15) is 0 Å². The number of carbonyl (C=O) groups is 2. The molecule has 0 spiro atoms. The summed E-state index contributed by atoms with van der Waals surface area (Å²) in [5.74, 6) is -1.25. The first kappa shape index (κ1) is 26.3. The molecule has 1 N–H and O–H groups in total. The van der Waals surface area contributed by atoms with Gasteiger partial charge in [0.15, 0.2) is 0 Å². The van der Waals surface area contributed by atoms with E-state index in [0.29, 0.717) is 30.6 Å². The van der Waals surface area contributed by atoms with E-state index in [9.17, 15) is 22.4 Å². The highest BCUT2D eigenvalue weighted by atomic mass is 32.2. The van der Waals surface area contributed by atoms with E-state index >= 15 is 0 Å². The molecule has 2 aromatic carbocycles. The lowest BCUT2D eigenvalue weighted by Gasteiger charge is -2.33. The number of nitrogens with zero attached hydrogens (tertiary/aromatic N) is 2. The van der Waals surface area contributed by atoms with Gasteiger partial charge >= 0.3 is 0 Å². The highest BCUT2D eigenvalue weighted by Crippen LogP contribution is 2.24. The number of para-hydroxylation sites is 1. The number of halogens is 1. The van der Waals surface area contributed by atoms with Crippen LogP contribution in [0.3, 0.4) is 0 Å². The number of anilines is 1. The Bertz CT molecular complexity index is 1060. The summed E-state index contributed by atoms with van der Waals surface area (Å²) in [6, 6.07) is 11.9. The number of sulfonamides is 1. The smallest absolute Gasteiger partial charge is 0.244 e. The first-order valence-corrected chi connectivity index (χ1v) is 12.8. The lowest BCUT2D eigenvalue weighted by molar-refractivity contribution is -0.140. The second-order valence-corrected chi connectivity index (χ2v) is 9.63. The Morgan fingerprint density at radius 3 is 2.21 bits per heavy atom. The zero-order valence-electron chi connectivity index (χ0n) is 19.5. The second kappa shape index (κ2) is 11.8. The van der Waals surface area contributed by atoms with Crippen LogP contribution in [0.2, 0.25) is 0 Å². The summed E-state index contributed by atoms with van der Waals surface area (Å²) < 4.78 is 39.8. The van der Waals surface area contributed by atoms with Crippen molar-refractivity contribution >= 4 is 27.5 Å². The lowest BCUT2D eigenvalue weighted by Crippen LogP contribution is -2.52. The van der Waals surface area contributed by atoms with Gasteiger partial charge in [-0.15, -0.1) is 0 Å². The van der Waals surface area contributed by atoms with Gasteiger partial charge < -0.3 is 10.2 Å². The minimum atomic E-state index is -3.78. The number of carbonyl (C=O) groups excluding carboxylic acids is 2. The zero-order valence-corrected chi connectivity index (χ0v) is 20.4. The third-order valence-corrected chi connectivity index (χ3v) is 6.45. The van der Waals surface area contributed by atoms with Gasteiger partial charge in [0.05, 0.1) is 11.9 Å². The Morgan fingerprint density at radius 2 is 1.67 bits per heavy atom. The molecule has 0 radical (unpaired) electrons. The summed E-state index contributed by atoms with van der Waals surface area (Å²) in [7, 11) is -3.78. The Hall–Kier alpha value is -2.94. The van der Waals surface area contributed by atoms with Crippen LogP contribution in [0.5, 0.6) is 0 Å². The SMILES string of the molecule is CCNC(=O)[C@H](CC)N(Cc1ccc(F)cc1)C(=O)CN(c1ccccc1CC)S(C)(=O)=O. The molecule has 33 heavy (non-hydrogen) atoms. The summed E-state index contributed by atoms with van der Waals surface area (Å²) in [6.07, 6.45) is 1.98. The van der Waals surface area contributed by atoms with E-state index in [1.165, 1.54) is 17.0 Å². The van der Waals surface area contributed by atoms with Crippen molar-refractivity contribution in [1.29, 1.82) is 0 Å². The van der Waals surface area contributed by atoms with Crippen molar-refractivity contribution < 1.29 is 22.4 Å². The molecule has 0 aliphatic rings. The number of amides is 2. The maximum atomic E-state index is 13.5. The minimum Gasteiger partial charge on any atom is -0.355 e. The van der Waals surface area contributed by atoms with E-state index in [0.717, 1.165) is 16.1 Å². The molecular weight excluding hydrogens is 445 g/mol. The summed E-state index contributed by atoms with van der Waals surface area (Å²) in [6.45, 7) is 5.46. The molecule has 0 saturated heterocycles. The Kier molecular flexibility index (Phi) is 9.40. The molecule has 7 nitrogen and oxygen atoms in total. The van der Waals surface area contributed by atoms with E-state index in [2.05, 4.69) is 5.32 Å². The van der Waals surface area contributed by atoms with Gasteiger partial charge in [0.25, 0.3) is 0 Å². The van der Waals surface area contributed by atoms with E-state index in [1.54, 1.807) is 38.1 Å². The van der Waals surface area contributed by atoms with Crippen molar-refractivity contribution in [1.82, 2.24) is 10.2 Å². The fraction of sp³-hybridized carbons (Fsp3) is 0.417. The molecular formula is C24H32FN3O4S. The third kappa shape index (κ3) is 7.02. The largest absolute Gasteiger partial charge is 0.355 e. The summed E-state index contributed by atoms with van der Waals surface area (Å²) >= 11 is 0. The van der Waals surface area contributed by atoms with Crippen molar-refractivity contribution in [2.24, 2.45) is 0 Å². The van der Waals surface area contributed by atoms with E-state index in [1.807, 2.05) is 19.1 Å². The number of rotatable bonds is 11. The van der Waals surface area contributed by atoms with E-state index in [4.69, 9.17) is 0 Å². The van der Waals surface area contributed by atoms with Gasteiger partial charge in [-0.1, -0.05) is 44.2 Å². The quantitative estimate of drug-likeness (QED) is 0.539. The maximum absolute atomic E-state index is 13.5. The van der Waals surface area contributed by atoms with Crippen molar-refractivity contribution in [3.05, 3.63) is 65.5 Å². The summed E-state index contributed by atoms with van der Waals surface area (Å²) in [4.78, 5) is 27.6. The topological polar surface area (TPSA) is 86.8 Å². The van der Waals surface area contributed by atoms with Crippen molar-refractivity contribution in [3.8, 4) is 0 Å². The van der Waals surface area contributed by atoms with Crippen LogP contribution in [0.1, 0.15) is 38.3 Å². The predicted octanol–water partition coefficient (Wildman–Crippen LogP) is 3.10. The molecule has 2 aromatic rings. The summed E-state index contributed by atoms with van der Waals surface area (Å²) in [5, 5.41) is 2.74. The average molecular weight is 478 g/mol. The molecule has 0 aliphatic heterocycles. The molecule has 0 unspecified atom stereocenters. The number of hydrogen-bond donors (Lipinski definition) is 1. The molecule has 0 saturated carbocycles. The molecule has 0 bridgehead atoms. The molecule has 180 valence electrons. The van der Waals surface area contributed by atoms with Crippen molar-refractivity contribution in [2.45, 2.75) is 46.2 Å². The molecule has 2 rings (SSSR count). The fourth-order valence-corrected chi connectivity index (χ4v) is 4.53. The Balaban J connectivity index is 2.46. The van der Waals surface area contributed by atoms with Crippen LogP contribution >= 0.6 is 0 Å². The normalized spacial score (nSPS) is 12.2. The molecule has 0 aromatic heterocycles. The fourth-order valence-electron chi connectivity index (χ4n) is 3.65. The van der Waals surface area contributed by atoms with E-state index in [-0.39, 0.29) is 12.5 Å². The summed E-state index contributed by atoms with van der Waals surface area (Å²) in [5.41, 5.74) is 1.85. The highest BCUT2D eigenvalue weighted by molar-refractivity contribution is 7.92. The van der Waals surface area contributed by atoms with Crippen LogP contribution in [-0.4, -0.2) is 50.5 Å². The van der Waals surface area contributed by atoms with Crippen LogP contribution in [0.15, 0.2) is 48.5 Å². The molecule has 1 atom stereocenters. The zero-order chi connectivity index (χ0) is 24.6. The predicted molar refractivity (Wildman–Crippen MR) is 128 cm³/mol. The molecule has 2 amide bonds. The third-order valence-electron chi connectivity index (χ3n) is 5.32. The van der Waals surface area contributed by atoms with Gasteiger partial charge in [0.1, 0.15) is 18.4 Å². The standard InChI is InChI=1S/C24H32FN3O4S/c1-5-19-10-8-9-11-22(19)28(33(4,31)32)17-23(29)27(21(6-2)24(30)26-7-3)16-18-12-14-20(25)15-13-18/h8-15,21H,5-7,16-17H2,1-4H3,(H,26,30)/t21-/m0/s1. The van der Waals surface area contributed by atoms with Gasteiger partial charge in [0, 0.05) is 13.1 Å².